The number of amides is 2. The van der Waals surface area contributed by atoms with Crippen LogP contribution in [0.4, 0.5) is 5.69 Å². The third kappa shape index (κ3) is 4.83. The Labute approximate surface area is 167 Å². The molecule has 1 atom stereocenters. The topological polar surface area (TPSA) is 71.1 Å². The lowest BCUT2D eigenvalue weighted by Gasteiger charge is -2.37. The zero-order chi connectivity index (χ0) is 20.1. The molecule has 0 saturated carbocycles. The molecule has 2 saturated heterocycles. The maximum atomic E-state index is 12.8. The molecule has 28 heavy (non-hydrogen) atoms. The smallest absolute Gasteiger partial charge is 0.241 e. The molecule has 154 valence electrons. The highest BCUT2D eigenvalue weighted by Gasteiger charge is 2.32. The summed E-state index contributed by atoms with van der Waals surface area (Å²) in [6.07, 6.45) is 1.59. The lowest BCUT2D eigenvalue weighted by molar-refractivity contribution is -0.141. The number of ether oxygens (including phenoxy) is 2. The Morgan fingerprint density at radius 3 is 2.50 bits per heavy atom. The van der Waals surface area contributed by atoms with E-state index in [1.807, 2.05) is 36.9 Å². The molecule has 7 nitrogen and oxygen atoms in total. The first-order valence-corrected chi connectivity index (χ1v) is 10.1. The first-order valence-electron chi connectivity index (χ1n) is 10.1. The summed E-state index contributed by atoms with van der Waals surface area (Å²) in [7, 11) is 1.60. The number of morpholine rings is 1. The van der Waals surface area contributed by atoms with Crippen LogP contribution < -0.4 is 10.1 Å². The Hall–Kier alpha value is -2.12. The zero-order valence-electron chi connectivity index (χ0n) is 17.1. The van der Waals surface area contributed by atoms with Crippen molar-refractivity contribution < 1.29 is 19.1 Å². The van der Waals surface area contributed by atoms with Gasteiger partial charge in [0.15, 0.2) is 0 Å². The number of hydrogen-bond donors (Lipinski definition) is 1. The average Bonchev–Trinajstić information content (AvgIpc) is 2.73. The molecule has 0 unspecified atom stereocenters. The molecule has 0 aromatic heterocycles. The highest BCUT2D eigenvalue weighted by Crippen LogP contribution is 2.26. The van der Waals surface area contributed by atoms with E-state index in [1.165, 1.54) is 0 Å². The molecule has 0 bridgehead atoms. The summed E-state index contributed by atoms with van der Waals surface area (Å²) in [6.45, 7) is 8.04. The summed E-state index contributed by atoms with van der Waals surface area (Å²) in [4.78, 5) is 29.5. The number of carbonyl (C=O) groups excluding carboxylic acids is 2. The highest BCUT2D eigenvalue weighted by molar-refractivity contribution is 5.96. The third-order valence-corrected chi connectivity index (χ3v) is 5.74. The molecular formula is C21H31N3O4. The van der Waals surface area contributed by atoms with Gasteiger partial charge in [-0.3, -0.25) is 14.5 Å². The molecular weight excluding hydrogens is 358 g/mol. The molecule has 1 aromatic carbocycles. The number of hydrogen-bond acceptors (Lipinski definition) is 5. The van der Waals surface area contributed by atoms with E-state index in [4.69, 9.17) is 9.47 Å². The zero-order valence-corrected chi connectivity index (χ0v) is 17.1. The van der Waals surface area contributed by atoms with Crippen LogP contribution in [0.1, 0.15) is 25.3 Å². The van der Waals surface area contributed by atoms with Gasteiger partial charge in [0.25, 0.3) is 0 Å². The number of carbonyl (C=O) groups is 2. The second-order valence-electron chi connectivity index (χ2n) is 7.62. The van der Waals surface area contributed by atoms with Crippen molar-refractivity contribution in [3.8, 4) is 5.75 Å². The van der Waals surface area contributed by atoms with Gasteiger partial charge in [0.1, 0.15) is 5.75 Å². The molecule has 0 aliphatic carbocycles. The number of aryl methyl sites for hydroxylation is 1. The quantitative estimate of drug-likeness (QED) is 0.833. The fraction of sp³-hybridized carbons (Fsp3) is 0.619. The minimum absolute atomic E-state index is 0.0538. The second-order valence-corrected chi connectivity index (χ2v) is 7.62. The fourth-order valence-corrected chi connectivity index (χ4v) is 3.90. The van der Waals surface area contributed by atoms with Gasteiger partial charge in [0.05, 0.1) is 32.1 Å². The second kappa shape index (κ2) is 9.39. The number of methoxy groups -OCH3 is 1. The lowest BCUT2D eigenvalue weighted by atomic mass is 9.94. The number of anilines is 1. The molecule has 3 rings (SSSR count). The van der Waals surface area contributed by atoms with Crippen LogP contribution in [0, 0.1) is 12.8 Å². The van der Waals surface area contributed by atoms with Crippen LogP contribution >= 0.6 is 0 Å². The van der Waals surface area contributed by atoms with Crippen molar-refractivity contribution in [2.75, 3.05) is 51.8 Å². The summed E-state index contributed by atoms with van der Waals surface area (Å²) in [5.41, 5.74) is 1.75. The predicted molar refractivity (Wildman–Crippen MR) is 108 cm³/mol. The van der Waals surface area contributed by atoms with Crippen molar-refractivity contribution in [1.82, 2.24) is 9.80 Å². The number of nitrogens with zero attached hydrogens (tertiary/aromatic N) is 2. The van der Waals surface area contributed by atoms with Crippen LogP contribution in [0.15, 0.2) is 18.2 Å². The van der Waals surface area contributed by atoms with Crippen LogP contribution in [-0.4, -0.2) is 74.2 Å². The Morgan fingerprint density at radius 2 is 1.86 bits per heavy atom. The standard InChI is InChI=1S/C21H31N3O4/c1-15-4-5-19(27-3)18(14-15)22-20(25)16(2)23-8-6-17(7-9-23)21(26)24-10-12-28-13-11-24/h4-5,14,16-17H,6-13H2,1-3H3,(H,22,25)/t16-/m1/s1. The Bertz CT molecular complexity index is 695. The summed E-state index contributed by atoms with van der Waals surface area (Å²) < 4.78 is 10.7. The number of rotatable bonds is 5. The van der Waals surface area contributed by atoms with Crippen LogP contribution in [-0.2, 0) is 14.3 Å². The van der Waals surface area contributed by atoms with Crippen LogP contribution in [0.5, 0.6) is 5.75 Å². The Kier molecular flexibility index (Phi) is 6.91. The van der Waals surface area contributed by atoms with E-state index in [2.05, 4.69) is 10.2 Å². The van der Waals surface area contributed by atoms with E-state index in [0.29, 0.717) is 37.7 Å². The van der Waals surface area contributed by atoms with Crippen molar-refractivity contribution in [2.45, 2.75) is 32.7 Å². The maximum Gasteiger partial charge on any atom is 0.241 e. The van der Waals surface area contributed by atoms with Gasteiger partial charge >= 0.3 is 0 Å². The molecule has 2 fully saturated rings. The van der Waals surface area contributed by atoms with Gasteiger partial charge in [-0.15, -0.1) is 0 Å². The third-order valence-electron chi connectivity index (χ3n) is 5.74. The van der Waals surface area contributed by atoms with Gasteiger partial charge in [0.2, 0.25) is 11.8 Å². The minimum atomic E-state index is -0.260. The molecule has 7 heteroatoms. The highest BCUT2D eigenvalue weighted by atomic mass is 16.5. The van der Waals surface area contributed by atoms with Crippen LogP contribution in [0.2, 0.25) is 0 Å². The van der Waals surface area contributed by atoms with Gasteiger partial charge in [-0.05, 0) is 57.5 Å². The largest absolute Gasteiger partial charge is 0.495 e. The Balaban J connectivity index is 1.53. The first-order chi connectivity index (χ1) is 13.5. The molecule has 1 N–H and O–H groups in total. The monoisotopic (exact) mass is 389 g/mol. The summed E-state index contributed by atoms with van der Waals surface area (Å²) in [5, 5.41) is 2.99. The maximum absolute atomic E-state index is 12.8. The van der Waals surface area contributed by atoms with Crippen molar-refractivity contribution in [3.05, 3.63) is 23.8 Å². The van der Waals surface area contributed by atoms with E-state index in [-0.39, 0.29) is 23.8 Å². The SMILES string of the molecule is COc1ccc(C)cc1NC(=O)[C@@H](C)N1CCC(C(=O)N2CCOCC2)CC1. The molecule has 0 radical (unpaired) electrons. The predicted octanol–water partition coefficient (Wildman–Crippen LogP) is 1.90. The van der Waals surface area contributed by atoms with Crippen molar-refractivity contribution >= 4 is 17.5 Å². The fourth-order valence-electron chi connectivity index (χ4n) is 3.90. The molecule has 2 amide bonds. The van der Waals surface area contributed by atoms with Gasteiger partial charge in [-0.2, -0.15) is 0 Å². The van der Waals surface area contributed by atoms with Crippen molar-refractivity contribution in [1.29, 1.82) is 0 Å². The normalized spacial score (nSPS) is 19.9. The van der Waals surface area contributed by atoms with Crippen molar-refractivity contribution in [2.24, 2.45) is 5.92 Å². The van der Waals surface area contributed by atoms with E-state index in [0.717, 1.165) is 31.5 Å². The molecule has 2 aliphatic heterocycles. The van der Waals surface area contributed by atoms with E-state index in [1.54, 1.807) is 7.11 Å². The van der Waals surface area contributed by atoms with E-state index >= 15 is 0 Å². The van der Waals surface area contributed by atoms with Gasteiger partial charge in [-0.25, -0.2) is 0 Å². The first kappa shape index (κ1) is 20.6. The summed E-state index contributed by atoms with van der Waals surface area (Å²) in [5.74, 6) is 0.897. The number of piperidine rings is 1. The molecule has 2 heterocycles. The van der Waals surface area contributed by atoms with Gasteiger partial charge < -0.3 is 19.7 Å². The van der Waals surface area contributed by atoms with Crippen LogP contribution in [0.3, 0.4) is 0 Å². The van der Waals surface area contributed by atoms with Crippen molar-refractivity contribution in [3.63, 3.8) is 0 Å². The number of nitrogens with one attached hydrogen (secondary N) is 1. The van der Waals surface area contributed by atoms with Crippen LogP contribution in [0.25, 0.3) is 0 Å². The summed E-state index contributed by atoms with van der Waals surface area (Å²) in [6, 6.07) is 5.47. The lowest BCUT2D eigenvalue weighted by Crippen LogP contribution is -2.50. The number of benzene rings is 1. The van der Waals surface area contributed by atoms with E-state index in [9.17, 15) is 9.59 Å². The summed E-state index contributed by atoms with van der Waals surface area (Å²) >= 11 is 0. The Morgan fingerprint density at radius 1 is 1.18 bits per heavy atom. The van der Waals surface area contributed by atoms with Gasteiger partial charge in [0, 0.05) is 19.0 Å². The molecule has 2 aliphatic rings. The van der Waals surface area contributed by atoms with E-state index < -0.39 is 0 Å². The minimum Gasteiger partial charge on any atom is -0.495 e. The average molecular weight is 389 g/mol. The number of likely N-dealkylation sites (tertiary alicyclic amines) is 1. The van der Waals surface area contributed by atoms with Gasteiger partial charge in [-0.1, -0.05) is 6.07 Å². The molecule has 0 spiro atoms. The molecule has 1 aromatic rings.